The topological polar surface area (TPSA) is 47.3 Å². The maximum Gasteiger partial charge on any atom is 0.162 e. The van der Waals surface area contributed by atoms with Gasteiger partial charge in [0, 0.05) is 7.05 Å². The molecule has 0 bridgehead atoms. The Labute approximate surface area is 97.2 Å². The summed E-state index contributed by atoms with van der Waals surface area (Å²) in [4.78, 5) is 0. The van der Waals surface area contributed by atoms with Crippen LogP contribution in [0.2, 0.25) is 0 Å². The van der Waals surface area contributed by atoms with E-state index < -0.39 is 5.60 Å². The largest absolute Gasteiger partial charge is 0.493 e. The van der Waals surface area contributed by atoms with Gasteiger partial charge >= 0.3 is 0 Å². The van der Waals surface area contributed by atoms with E-state index in [4.69, 9.17) is 4.74 Å². The summed E-state index contributed by atoms with van der Waals surface area (Å²) < 4.78 is 6.90. The van der Waals surface area contributed by atoms with Crippen molar-refractivity contribution in [1.29, 1.82) is 0 Å². The summed E-state index contributed by atoms with van der Waals surface area (Å²) in [6.07, 6.45) is 5.67. The first-order chi connectivity index (χ1) is 7.53. The number of hydrogen-bond donors (Lipinski definition) is 1. The molecule has 1 unspecified atom stereocenters. The molecule has 1 aromatic heterocycles. The van der Waals surface area contributed by atoms with Crippen molar-refractivity contribution < 1.29 is 9.84 Å². The number of aromatic nitrogens is 2. The highest BCUT2D eigenvalue weighted by atomic mass is 16.5. The van der Waals surface area contributed by atoms with E-state index in [1.165, 1.54) is 0 Å². The van der Waals surface area contributed by atoms with Crippen molar-refractivity contribution in [2.24, 2.45) is 7.05 Å². The Morgan fingerprint density at radius 3 is 2.75 bits per heavy atom. The van der Waals surface area contributed by atoms with Gasteiger partial charge in [0.25, 0.3) is 0 Å². The molecule has 0 saturated heterocycles. The lowest BCUT2D eigenvalue weighted by Crippen LogP contribution is -2.25. The van der Waals surface area contributed by atoms with Crippen molar-refractivity contribution in [2.45, 2.75) is 45.1 Å². The Hall–Kier alpha value is -1.03. The Kier molecular flexibility index (Phi) is 4.35. The Bertz CT molecular complexity index is 332. The molecule has 1 rings (SSSR count). The normalized spacial score (nSPS) is 14.8. The Balaban J connectivity index is 2.83. The molecule has 0 aliphatic heterocycles. The number of ether oxygens (including phenoxy) is 1. The summed E-state index contributed by atoms with van der Waals surface area (Å²) in [5.74, 6) is 0.656. The predicted octanol–water partition coefficient (Wildman–Crippen LogP) is 2.22. The maximum absolute atomic E-state index is 10.5. The first-order valence-corrected chi connectivity index (χ1v) is 5.81. The van der Waals surface area contributed by atoms with Crippen LogP contribution in [0.4, 0.5) is 0 Å². The smallest absolute Gasteiger partial charge is 0.162 e. The monoisotopic (exact) mass is 226 g/mol. The van der Waals surface area contributed by atoms with Crippen LogP contribution in [0.25, 0.3) is 0 Å². The van der Waals surface area contributed by atoms with Gasteiger partial charge in [-0.15, -0.1) is 0 Å². The molecule has 0 aliphatic rings. The second-order valence-corrected chi connectivity index (χ2v) is 4.42. The fourth-order valence-electron chi connectivity index (χ4n) is 2.02. The van der Waals surface area contributed by atoms with Crippen molar-refractivity contribution in [3.8, 4) is 5.75 Å². The minimum absolute atomic E-state index is 0.656. The summed E-state index contributed by atoms with van der Waals surface area (Å²) in [7, 11) is 3.43. The van der Waals surface area contributed by atoms with E-state index in [9.17, 15) is 5.11 Å². The van der Waals surface area contributed by atoms with E-state index >= 15 is 0 Å². The Morgan fingerprint density at radius 1 is 1.50 bits per heavy atom. The predicted molar refractivity (Wildman–Crippen MR) is 63.5 cm³/mol. The van der Waals surface area contributed by atoms with E-state index in [0.29, 0.717) is 5.75 Å². The molecular formula is C12H22N2O2. The SMILES string of the molecule is CCCCCC(C)(O)c1c(OC)cnn1C. The molecule has 16 heavy (non-hydrogen) atoms. The van der Waals surface area contributed by atoms with E-state index in [2.05, 4.69) is 12.0 Å². The van der Waals surface area contributed by atoms with Crippen LogP contribution in [0, 0.1) is 0 Å². The van der Waals surface area contributed by atoms with Crippen LogP contribution in [0.1, 0.15) is 45.2 Å². The lowest BCUT2D eigenvalue weighted by molar-refractivity contribution is 0.0342. The first kappa shape index (κ1) is 13.0. The van der Waals surface area contributed by atoms with Crippen molar-refractivity contribution in [3.05, 3.63) is 11.9 Å². The number of aliphatic hydroxyl groups is 1. The molecule has 1 atom stereocenters. The molecule has 0 aromatic carbocycles. The quantitative estimate of drug-likeness (QED) is 0.757. The molecule has 0 radical (unpaired) electrons. The van der Waals surface area contributed by atoms with Gasteiger partial charge in [-0.05, 0) is 13.3 Å². The van der Waals surface area contributed by atoms with Crippen LogP contribution >= 0.6 is 0 Å². The molecule has 92 valence electrons. The number of unbranched alkanes of at least 4 members (excludes halogenated alkanes) is 2. The van der Waals surface area contributed by atoms with E-state index in [1.54, 1.807) is 18.0 Å². The third-order valence-electron chi connectivity index (χ3n) is 2.90. The van der Waals surface area contributed by atoms with E-state index in [-0.39, 0.29) is 0 Å². The second kappa shape index (κ2) is 5.34. The van der Waals surface area contributed by atoms with Crippen molar-refractivity contribution in [2.75, 3.05) is 7.11 Å². The molecule has 1 N–H and O–H groups in total. The zero-order valence-corrected chi connectivity index (χ0v) is 10.7. The standard InChI is InChI=1S/C12H22N2O2/c1-5-6-7-8-12(2,15)11-10(16-4)9-13-14(11)3/h9,15H,5-8H2,1-4H3. The number of rotatable bonds is 6. The maximum atomic E-state index is 10.5. The van der Waals surface area contributed by atoms with Gasteiger partial charge in [-0.25, -0.2) is 0 Å². The van der Waals surface area contributed by atoms with Gasteiger partial charge in [0.1, 0.15) is 11.3 Å². The van der Waals surface area contributed by atoms with Gasteiger partial charge in [0.2, 0.25) is 0 Å². The number of aryl methyl sites for hydroxylation is 1. The lowest BCUT2D eigenvalue weighted by atomic mass is 9.94. The zero-order chi connectivity index (χ0) is 12.2. The molecule has 0 spiro atoms. The molecule has 1 heterocycles. The minimum atomic E-state index is -0.869. The van der Waals surface area contributed by atoms with Gasteiger partial charge in [-0.2, -0.15) is 5.10 Å². The summed E-state index contributed by atoms with van der Waals surface area (Å²) >= 11 is 0. The van der Waals surface area contributed by atoms with E-state index in [0.717, 1.165) is 31.4 Å². The van der Waals surface area contributed by atoms with Gasteiger partial charge in [0.15, 0.2) is 5.75 Å². The van der Waals surface area contributed by atoms with Gasteiger partial charge in [0.05, 0.1) is 13.3 Å². The lowest BCUT2D eigenvalue weighted by Gasteiger charge is -2.24. The first-order valence-electron chi connectivity index (χ1n) is 5.81. The van der Waals surface area contributed by atoms with Crippen molar-refractivity contribution in [3.63, 3.8) is 0 Å². The van der Waals surface area contributed by atoms with Crippen LogP contribution in [-0.4, -0.2) is 22.0 Å². The molecular weight excluding hydrogens is 204 g/mol. The van der Waals surface area contributed by atoms with Crippen LogP contribution in [0.15, 0.2) is 6.20 Å². The fourth-order valence-corrected chi connectivity index (χ4v) is 2.02. The molecule has 4 nitrogen and oxygen atoms in total. The van der Waals surface area contributed by atoms with Gasteiger partial charge in [-0.1, -0.05) is 26.2 Å². The van der Waals surface area contributed by atoms with Crippen LogP contribution in [0.5, 0.6) is 5.75 Å². The van der Waals surface area contributed by atoms with Gasteiger partial charge < -0.3 is 9.84 Å². The molecule has 0 aliphatic carbocycles. The number of nitrogens with zero attached hydrogens (tertiary/aromatic N) is 2. The minimum Gasteiger partial charge on any atom is -0.493 e. The highest BCUT2D eigenvalue weighted by molar-refractivity contribution is 5.30. The van der Waals surface area contributed by atoms with Gasteiger partial charge in [-0.3, -0.25) is 4.68 Å². The third-order valence-corrected chi connectivity index (χ3v) is 2.90. The molecule has 1 aromatic rings. The molecule has 0 amide bonds. The third kappa shape index (κ3) is 2.76. The average Bonchev–Trinajstić information content (AvgIpc) is 2.60. The second-order valence-electron chi connectivity index (χ2n) is 4.42. The summed E-state index contributed by atoms with van der Waals surface area (Å²) in [6.45, 7) is 3.97. The molecule has 4 heteroatoms. The van der Waals surface area contributed by atoms with E-state index in [1.807, 2.05) is 14.0 Å². The molecule has 0 saturated carbocycles. The highest BCUT2D eigenvalue weighted by Gasteiger charge is 2.30. The molecule has 0 fully saturated rings. The van der Waals surface area contributed by atoms with Crippen LogP contribution in [0.3, 0.4) is 0 Å². The fraction of sp³-hybridized carbons (Fsp3) is 0.750. The van der Waals surface area contributed by atoms with Crippen LogP contribution < -0.4 is 4.74 Å². The number of methoxy groups -OCH3 is 1. The van der Waals surface area contributed by atoms with Crippen LogP contribution in [-0.2, 0) is 12.6 Å². The number of hydrogen-bond acceptors (Lipinski definition) is 3. The zero-order valence-electron chi connectivity index (χ0n) is 10.7. The summed E-state index contributed by atoms with van der Waals surface area (Å²) in [5.41, 5.74) is -0.114. The van der Waals surface area contributed by atoms with Crippen molar-refractivity contribution >= 4 is 0 Å². The highest BCUT2D eigenvalue weighted by Crippen LogP contribution is 2.33. The Morgan fingerprint density at radius 2 is 2.19 bits per heavy atom. The summed E-state index contributed by atoms with van der Waals surface area (Å²) in [5, 5.41) is 14.6. The summed E-state index contributed by atoms with van der Waals surface area (Å²) in [6, 6.07) is 0. The van der Waals surface area contributed by atoms with Crippen molar-refractivity contribution in [1.82, 2.24) is 9.78 Å². The average molecular weight is 226 g/mol.